The second-order valence-electron chi connectivity index (χ2n) is 4.09. The van der Waals surface area contributed by atoms with Gasteiger partial charge in [-0.25, -0.2) is 9.78 Å². The number of likely N-dealkylation sites (N-methyl/N-ethyl adjacent to an activating group) is 1. The van der Waals surface area contributed by atoms with Gasteiger partial charge < -0.3 is 9.64 Å². The number of halogens is 1. The second-order valence-corrected chi connectivity index (χ2v) is 5.70. The average molecular weight is 300 g/mol. The van der Waals surface area contributed by atoms with Gasteiger partial charge in [0.2, 0.25) is 0 Å². The van der Waals surface area contributed by atoms with E-state index in [1.54, 1.807) is 0 Å². The number of carbonyl (C=O) groups is 1. The first kappa shape index (κ1) is 14.0. The van der Waals surface area contributed by atoms with E-state index in [0.29, 0.717) is 9.47 Å². The maximum absolute atomic E-state index is 11.3. The van der Waals surface area contributed by atoms with Gasteiger partial charge >= 0.3 is 6.09 Å². The fourth-order valence-electron chi connectivity index (χ4n) is 1.81. The quantitative estimate of drug-likeness (QED) is 0.871. The molecular formula is C12H14ClN3O2S. The molecule has 1 aliphatic rings. The molecular weight excluding hydrogens is 286 g/mol. The molecule has 0 aliphatic carbocycles. The van der Waals surface area contributed by atoms with Gasteiger partial charge in [0.05, 0.1) is 12.0 Å². The normalized spacial score (nSPS) is 15.8. The molecule has 0 aromatic carbocycles. The van der Waals surface area contributed by atoms with Crippen molar-refractivity contribution in [3.63, 3.8) is 0 Å². The van der Waals surface area contributed by atoms with Crippen molar-refractivity contribution < 1.29 is 9.53 Å². The highest BCUT2D eigenvalue weighted by Crippen LogP contribution is 2.33. The predicted octanol–water partition coefficient (Wildman–Crippen LogP) is 3.21. The molecule has 1 amide bonds. The molecule has 1 aromatic rings. The standard InChI is InChI=1S/C12H14ClN3O2S/c1-3-18-12(17)15-11-14-9(10(13)19-11)8-5-4-6-16(2)7-8/h3,5H,1,4,6-7H2,2H3,(H,14,15,17). The molecule has 5 nitrogen and oxygen atoms in total. The number of amides is 1. The van der Waals surface area contributed by atoms with Gasteiger partial charge in [0, 0.05) is 13.1 Å². The van der Waals surface area contributed by atoms with Crippen molar-refractivity contribution in [2.45, 2.75) is 6.42 Å². The second kappa shape index (κ2) is 6.18. The van der Waals surface area contributed by atoms with Gasteiger partial charge in [-0.1, -0.05) is 35.6 Å². The zero-order valence-corrected chi connectivity index (χ0v) is 12.1. The Balaban J connectivity index is 2.14. The molecule has 0 radical (unpaired) electrons. The summed E-state index contributed by atoms with van der Waals surface area (Å²) >= 11 is 7.38. The number of thiazole rings is 1. The molecule has 7 heteroatoms. The molecule has 102 valence electrons. The van der Waals surface area contributed by atoms with E-state index < -0.39 is 6.09 Å². The van der Waals surface area contributed by atoms with Crippen LogP contribution in [-0.2, 0) is 4.74 Å². The lowest BCUT2D eigenvalue weighted by molar-refractivity contribution is 0.201. The average Bonchev–Trinajstić information content (AvgIpc) is 2.70. The molecule has 0 saturated carbocycles. The molecule has 0 spiro atoms. The number of carbonyl (C=O) groups excluding carboxylic acids is 1. The summed E-state index contributed by atoms with van der Waals surface area (Å²) in [4.78, 5) is 17.8. The lowest BCUT2D eigenvalue weighted by atomic mass is 10.1. The highest BCUT2D eigenvalue weighted by Gasteiger charge is 2.18. The molecule has 0 atom stereocenters. The highest BCUT2D eigenvalue weighted by atomic mass is 35.5. The van der Waals surface area contributed by atoms with Gasteiger partial charge in [0.25, 0.3) is 0 Å². The van der Waals surface area contributed by atoms with Crippen molar-refractivity contribution in [3.05, 3.63) is 28.9 Å². The van der Waals surface area contributed by atoms with E-state index in [-0.39, 0.29) is 0 Å². The Bertz CT molecular complexity index is 527. The molecule has 0 bridgehead atoms. The first-order valence-electron chi connectivity index (χ1n) is 5.73. The van der Waals surface area contributed by atoms with Crippen molar-refractivity contribution in [2.24, 2.45) is 0 Å². The van der Waals surface area contributed by atoms with Gasteiger partial charge in [-0.05, 0) is 19.0 Å². The van der Waals surface area contributed by atoms with Gasteiger partial charge in [0.15, 0.2) is 5.13 Å². The number of hydrogen-bond donors (Lipinski definition) is 1. The van der Waals surface area contributed by atoms with Crippen LogP contribution in [0.15, 0.2) is 18.9 Å². The molecule has 0 saturated heterocycles. The van der Waals surface area contributed by atoms with Crippen LogP contribution >= 0.6 is 22.9 Å². The molecule has 1 aromatic heterocycles. The van der Waals surface area contributed by atoms with Gasteiger partial charge in [-0.2, -0.15) is 0 Å². The van der Waals surface area contributed by atoms with Crippen molar-refractivity contribution in [1.29, 1.82) is 0 Å². The molecule has 2 heterocycles. The van der Waals surface area contributed by atoms with Crippen molar-refractivity contribution >= 4 is 39.7 Å². The van der Waals surface area contributed by atoms with Crippen LogP contribution in [-0.4, -0.2) is 36.1 Å². The minimum Gasteiger partial charge on any atom is -0.419 e. The number of aromatic nitrogens is 1. The minimum atomic E-state index is -0.623. The summed E-state index contributed by atoms with van der Waals surface area (Å²) in [6, 6.07) is 0. The summed E-state index contributed by atoms with van der Waals surface area (Å²) in [5, 5.41) is 2.92. The lowest BCUT2D eigenvalue weighted by Crippen LogP contribution is -2.25. The van der Waals surface area contributed by atoms with Gasteiger partial charge in [-0.3, -0.25) is 5.32 Å². The molecule has 0 unspecified atom stereocenters. The lowest BCUT2D eigenvalue weighted by Gasteiger charge is -2.21. The molecule has 1 aliphatic heterocycles. The smallest absolute Gasteiger partial charge is 0.418 e. The first-order valence-corrected chi connectivity index (χ1v) is 6.92. The van der Waals surface area contributed by atoms with E-state index in [0.717, 1.165) is 37.0 Å². The van der Waals surface area contributed by atoms with E-state index in [1.807, 2.05) is 7.05 Å². The summed E-state index contributed by atoms with van der Waals surface area (Å²) in [6.07, 6.45) is 3.54. The fourth-order valence-corrected chi connectivity index (χ4v) is 2.91. The number of nitrogens with one attached hydrogen (secondary N) is 1. The largest absolute Gasteiger partial charge is 0.419 e. The van der Waals surface area contributed by atoms with Crippen LogP contribution in [0, 0.1) is 0 Å². The molecule has 19 heavy (non-hydrogen) atoms. The third-order valence-corrected chi connectivity index (χ3v) is 3.80. The zero-order valence-electron chi connectivity index (χ0n) is 10.5. The number of nitrogens with zero attached hydrogens (tertiary/aromatic N) is 2. The Morgan fingerprint density at radius 2 is 2.53 bits per heavy atom. The summed E-state index contributed by atoms with van der Waals surface area (Å²) < 4.78 is 5.14. The Morgan fingerprint density at radius 3 is 3.21 bits per heavy atom. The topological polar surface area (TPSA) is 54.5 Å². The SMILES string of the molecule is C=COC(=O)Nc1nc(C2=CCCN(C)C2)c(Cl)s1. The number of rotatable bonds is 3. The summed E-state index contributed by atoms with van der Waals surface area (Å²) in [7, 11) is 2.05. The van der Waals surface area contributed by atoms with Crippen LogP contribution in [0.4, 0.5) is 9.93 Å². The van der Waals surface area contributed by atoms with Gasteiger partial charge in [-0.15, -0.1) is 0 Å². The van der Waals surface area contributed by atoms with Crippen LogP contribution in [0.1, 0.15) is 12.1 Å². The maximum Gasteiger partial charge on any atom is 0.418 e. The van der Waals surface area contributed by atoms with Crippen molar-refractivity contribution in [1.82, 2.24) is 9.88 Å². The number of hydrogen-bond acceptors (Lipinski definition) is 5. The van der Waals surface area contributed by atoms with Crippen LogP contribution in [0.2, 0.25) is 4.34 Å². The first-order chi connectivity index (χ1) is 9.10. The Morgan fingerprint density at radius 1 is 1.74 bits per heavy atom. The highest BCUT2D eigenvalue weighted by molar-refractivity contribution is 7.19. The van der Waals surface area contributed by atoms with E-state index in [2.05, 4.69) is 32.6 Å². The van der Waals surface area contributed by atoms with Crippen LogP contribution < -0.4 is 5.32 Å². The maximum atomic E-state index is 11.3. The van der Waals surface area contributed by atoms with E-state index >= 15 is 0 Å². The Labute approximate surface area is 120 Å². The summed E-state index contributed by atoms with van der Waals surface area (Å²) in [6.45, 7) is 5.14. The van der Waals surface area contributed by atoms with E-state index in [1.165, 1.54) is 11.3 Å². The summed E-state index contributed by atoms with van der Waals surface area (Å²) in [5.41, 5.74) is 1.81. The van der Waals surface area contributed by atoms with Crippen molar-refractivity contribution in [2.75, 3.05) is 25.5 Å². The van der Waals surface area contributed by atoms with Crippen LogP contribution in [0.5, 0.6) is 0 Å². The Hall–Kier alpha value is -1.37. The Kier molecular flexibility index (Phi) is 4.57. The molecule has 2 rings (SSSR count). The van der Waals surface area contributed by atoms with Gasteiger partial charge in [0.1, 0.15) is 4.34 Å². The third kappa shape index (κ3) is 3.56. The fraction of sp³-hybridized carbons (Fsp3) is 0.333. The third-order valence-electron chi connectivity index (χ3n) is 2.63. The van der Waals surface area contributed by atoms with Crippen molar-refractivity contribution in [3.8, 4) is 0 Å². The number of anilines is 1. The van der Waals surface area contributed by atoms with Crippen LogP contribution in [0.3, 0.4) is 0 Å². The number of ether oxygens (including phenoxy) is 1. The zero-order chi connectivity index (χ0) is 13.8. The van der Waals surface area contributed by atoms with E-state index in [4.69, 9.17) is 11.6 Å². The monoisotopic (exact) mass is 299 g/mol. The molecule has 0 fully saturated rings. The van der Waals surface area contributed by atoms with Crippen LogP contribution in [0.25, 0.3) is 5.57 Å². The van der Waals surface area contributed by atoms with E-state index in [9.17, 15) is 4.79 Å². The predicted molar refractivity (Wildman–Crippen MR) is 77.5 cm³/mol. The molecule has 1 N–H and O–H groups in total. The minimum absolute atomic E-state index is 0.418. The summed E-state index contributed by atoms with van der Waals surface area (Å²) in [5.74, 6) is 0.